The maximum atomic E-state index is 3.38. The molecule has 2 heteroatoms. The summed E-state index contributed by atoms with van der Waals surface area (Å²) in [6.07, 6.45) is 2.65. The molecule has 0 aliphatic carbocycles. The maximum Gasteiger partial charge on any atom is 0.00106 e. The molecule has 96 valence electrons. The normalized spacial score (nSPS) is 19.1. The summed E-state index contributed by atoms with van der Waals surface area (Å²) in [4.78, 5) is 2.65. The number of hydrogen-bond acceptors (Lipinski definition) is 2. The SMILES string of the molecule is CCC(CC)CN(CC)CC(C)C1CNC1. The van der Waals surface area contributed by atoms with Gasteiger partial charge in [0.05, 0.1) is 0 Å². The Bertz CT molecular complexity index is 174. The quantitative estimate of drug-likeness (QED) is 0.684. The highest BCUT2D eigenvalue weighted by atomic mass is 15.1. The van der Waals surface area contributed by atoms with Gasteiger partial charge in [0.1, 0.15) is 0 Å². The highest BCUT2D eigenvalue weighted by molar-refractivity contribution is 4.81. The molecule has 1 fully saturated rings. The molecule has 0 bridgehead atoms. The Balaban J connectivity index is 2.29. The summed E-state index contributed by atoms with van der Waals surface area (Å²) in [5, 5.41) is 3.38. The summed E-state index contributed by atoms with van der Waals surface area (Å²) in [5.41, 5.74) is 0. The summed E-state index contributed by atoms with van der Waals surface area (Å²) in [7, 11) is 0. The number of rotatable bonds is 8. The van der Waals surface area contributed by atoms with Gasteiger partial charge in [0.15, 0.2) is 0 Å². The molecule has 1 atom stereocenters. The van der Waals surface area contributed by atoms with Gasteiger partial charge in [-0.3, -0.25) is 0 Å². The zero-order valence-corrected chi connectivity index (χ0v) is 11.6. The smallest absolute Gasteiger partial charge is 0.00106 e. The fourth-order valence-electron chi connectivity index (χ4n) is 2.51. The molecule has 16 heavy (non-hydrogen) atoms. The summed E-state index contributed by atoms with van der Waals surface area (Å²) < 4.78 is 0. The van der Waals surface area contributed by atoms with Crippen molar-refractivity contribution in [2.24, 2.45) is 17.8 Å². The molecular weight excluding hydrogens is 196 g/mol. The van der Waals surface area contributed by atoms with Crippen molar-refractivity contribution in [1.82, 2.24) is 10.2 Å². The second kappa shape index (κ2) is 7.29. The van der Waals surface area contributed by atoms with E-state index in [1.165, 1.54) is 45.6 Å². The van der Waals surface area contributed by atoms with Crippen LogP contribution in [0.2, 0.25) is 0 Å². The molecular formula is C14H30N2. The zero-order chi connectivity index (χ0) is 12.0. The van der Waals surface area contributed by atoms with E-state index < -0.39 is 0 Å². The van der Waals surface area contributed by atoms with Crippen LogP contribution in [0, 0.1) is 17.8 Å². The Morgan fingerprint density at radius 1 is 1.12 bits per heavy atom. The Morgan fingerprint density at radius 2 is 1.75 bits per heavy atom. The van der Waals surface area contributed by atoms with Crippen molar-refractivity contribution in [3.8, 4) is 0 Å². The molecule has 0 aromatic rings. The highest BCUT2D eigenvalue weighted by Gasteiger charge is 2.25. The van der Waals surface area contributed by atoms with Crippen molar-refractivity contribution in [2.45, 2.75) is 40.5 Å². The monoisotopic (exact) mass is 226 g/mol. The molecule has 1 aliphatic heterocycles. The Hall–Kier alpha value is -0.0800. The lowest BCUT2D eigenvalue weighted by Crippen LogP contribution is -2.48. The summed E-state index contributed by atoms with van der Waals surface area (Å²) in [5.74, 6) is 2.68. The fourth-order valence-corrected chi connectivity index (χ4v) is 2.51. The molecule has 0 amide bonds. The maximum absolute atomic E-state index is 3.38. The second-order valence-corrected chi connectivity index (χ2v) is 5.43. The Kier molecular flexibility index (Phi) is 6.37. The first-order chi connectivity index (χ1) is 7.71. The molecule has 1 saturated heterocycles. The summed E-state index contributed by atoms with van der Waals surface area (Å²) in [6, 6.07) is 0. The van der Waals surface area contributed by atoms with Crippen LogP contribution in [0.15, 0.2) is 0 Å². The van der Waals surface area contributed by atoms with Gasteiger partial charge in [0.2, 0.25) is 0 Å². The Morgan fingerprint density at radius 3 is 2.12 bits per heavy atom. The van der Waals surface area contributed by atoms with Crippen LogP contribution in [0.5, 0.6) is 0 Å². The first-order valence-corrected chi connectivity index (χ1v) is 7.14. The van der Waals surface area contributed by atoms with E-state index in [1.807, 2.05) is 0 Å². The highest BCUT2D eigenvalue weighted by Crippen LogP contribution is 2.18. The summed E-state index contributed by atoms with van der Waals surface area (Å²) in [6.45, 7) is 15.6. The molecule has 1 N–H and O–H groups in total. The molecule has 0 saturated carbocycles. The molecule has 0 aromatic carbocycles. The molecule has 2 nitrogen and oxygen atoms in total. The molecule has 0 radical (unpaired) electrons. The van der Waals surface area contributed by atoms with Crippen LogP contribution in [0.1, 0.15) is 40.5 Å². The second-order valence-electron chi connectivity index (χ2n) is 5.43. The van der Waals surface area contributed by atoms with Crippen LogP contribution >= 0.6 is 0 Å². The van der Waals surface area contributed by atoms with E-state index in [2.05, 4.69) is 37.9 Å². The molecule has 0 spiro atoms. The van der Waals surface area contributed by atoms with Crippen molar-refractivity contribution in [3.63, 3.8) is 0 Å². The lowest BCUT2D eigenvalue weighted by atomic mass is 9.88. The molecule has 1 unspecified atom stereocenters. The first-order valence-electron chi connectivity index (χ1n) is 7.14. The molecule has 1 rings (SSSR count). The third kappa shape index (κ3) is 4.06. The van der Waals surface area contributed by atoms with Crippen molar-refractivity contribution in [1.29, 1.82) is 0 Å². The van der Waals surface area contributed by atoms with Crippen molar-refractivity contribution >= 4 is 0 Å². The number of hydrogen-bond donors (Lipinski definition) is 1. The van der Waals surface area contributed by atoms with Gasteiger partial charge in [-0.2, -0.15) is 0 Å². The van der Waals surface area contributed by atoms with E-state index in [9.17, 15) is 0 Å². The van der Waals surface area contributed by atoms with Gasteiger partial charge in [-0.1, -0.05) is 40.5 Å². The van der Waals surface area contributed by atoms with Gasteiger partial charge in [0.25, 0.3) is 0 Å². The standard InChI is InChI=1S/C14H30N2/c1-5-13(6-2)11-16(7-3)10-12(4)14-8-15-9-14/h12-15H,5-11H2,1-4H3. The van der Waals surface area contributed by atoms with E-state index in [-0.39, 0.29) is 0 Å². The molecule has 1 aliphatic rings. The van der Waals surface area contributed by atoms with Gasteiger partial charge in [-0.25, -0.2) is 0 Å². The van der Waals surface area contributed by atoms with Gasteiger partial charge in [-0.15, -0.1) is 0 Å². The summed E-state index contributed by atoms with van der Waals surface area (Å²) >= 11 is 0. The fraction of sp³-hybridized carbons (Fsp3) is 1.00. The van der Waals surface area contributed by atoms with Crippen molar-refractivity contribution in [3.05, 3.63) is 0 Å². The van der Waals surface area contributed by atoms with Gasteiger partial charge in [0, 0.05) is 13.1 Å². The first kappa shape index (κ1) is 14.0. The topological polar surface area (TPSA) is 15.3 Å². The lowest BCUT2D eigenvalue weighted by Gasteiger charge is -2.36. The van der Waals surface area contributed by atoms with Gasteiger partial charge >= 0.3 is 0 Å². The zero-order valence-electron chi connectivity index (χ0n) is 11.6. The predicted octanol–water partition coefficient (Wildman–Crippen LogP) is 2.60. The largest absolute Gasteiger partial charge is 0.316 e. The van der Waals surface area contributed by atoms with Crippen LogP contribution in [0.3, 0.4) is 0 Å². The molecule has 1 heterocycles. The Labute approximate surface area is 102 Å². The van der Waals surface area contributed by atoms with Crippen LogP contribution in [0.25, 0.3) is 0 Å². The number of nitrogens with one attached hydrogen (secondary N) is 1. The van der Waals surface area contributed by atoms with Gasteiger partial charge in [-0.05, 0) is 37.4 Å². The van der Waals surface area contributed by atoms with Crippen molar-refractivity contribution in [2.75, 3.05) is 32.7 Å². The van der Waals surface area contributed by atoms with E-state index in [0.29, 0.717) is 0 Å². The van der Waals surface area contributed by atoms with Gasteiger partial charge < -0.3 is 10.2 Å². The van der Waals surface area contributed by atoms with E-state index in [1.54, 1.807) is 0 Å². The van der Waals surface area contributed by atoms with Crippen LogP contribution in [-0.4, -0.2) is 37.6 Å². The third-order valence-corrected chi connectivity index (χ3v) is 4.28. The average molecular weight is 226 g/mol. The minimum absolute atomic E-state index is 0.857. The van der Waals surface area contributed by atoms with Crippen LogP contribution in [0.4, 0.5) is 0 Å². The van der Waals surface area contributed by atoms with Crippen LogP contribution in [-0.2, 0) is 0 Å². The third-order valence-electron chi connectivity index (χ3n) is 4.28. The van der Waals surface area contributed by atoms with E-state index in [4.69, 9.17) is 0 Å². The van der Waals surface area contributed by atoms with E-state index in [0.717, 1.165) is 17.8 Å². The predicted molar refractivity (Wildman–Crippen MR) is 71.7 cm³/mol. The van der Waals surface area contributed by atoms with Crippen molar-refractivity contribution < 1.29 is 0 Å². The minimum atomic E-state index is 0.857. The minimum Gasteiger partial charge on any atom is -0.316 e. The van der Waals surface area contributed by atoms with E-state index >= 15 is 0 Å². The van der Waals surface area contributed by atoms with Crippen LogP contribution < -0.4 is 5.32 Å². The number of nitrogens with zero attached hydrogens (tertiary/aromatic N) is 1. The average Bonchev–Trinajstić information content (AvgIpc) is 2.21. The molecule has 0 aromatic heterocycles. The lowest BCUT2D eigenvalue weighted by molar-refractivity contribution is 0.152.